The minimum absolute atomic E-state index is 0.229. The first-order chi connectivity index (χ1) is 7.11. The number of nitrogens with two attached hydrogens (primary N) is 1. The molecule has 0 heterocycles. The fraction of sp³-hybridized carbons (Fsp3) is 0.455. The molecule has 2 nitrogen and oxygen atoms in total. The van der Waals surface area contributed by atoms with Crippen molar-refractivity contribution in [3.63, 3.8) is 0 Å². The molecule has 1 rings (SSSR count). The Morgan fingerprint density at radius 1 is 1.33 bits per heavy atom. The van der Waals surface area contributed by atoms with Crippen LogP contribution >= 0.6 is 23.2 Å². The van der Waals surface area contributed by atoms with Gasteiger partial charge in [0, 0.05) is 19.1 Å². The summed E-state index contributed by atoms with van der Waals surface area (Å²) in [6.45, 7) is 5.53. The quantitative estimate of drug-likeness (QED) is 0.885. The Bertz CT molecular complexity index is 308. The van der Waals surface area contributed by atoms with Crippen LogP contribution in [0.4, 0.5) is 5.69 Å². The van der Waals surface area contributed by atoms with Gasteiger partial charge in [-0.3, -0.25) is 0 Å². The molecule has 0 aromatic heterocycles. The van der Waals surface area contributed by atoms with Crippen molar-refractivity contribution in [3.05, 3.63) is 28.2 Å². The molecule has 0 saturated heterocycles. The van der Waals surface area contributed by atoms with Crippen LogP contribution in [-0.2, 0) is 0 Å². The summed E-state index contributed by atoms with van der Waals surface area (Å²) in [6.07, 6.45) is 0. The fourth-order valence-electron chi connectivity index (χ4n) is 1.58. The summed E-state index contributed by atoms with van der Waals surface area (Å²) in [6, 6.07) is 5.76. The Hall–Kier alpha value is -0.440. The SMILES string of the molecule is CCN(c1c(Cl)cccc1Cl)C(C)CN. The largest absolute Gasteiger partial charge is 0.365 e. The number of benzene rings is 1. The predicted molar refractivity (Wildman–Crippen MR) is 68.0 cm³/mol. The number of nitrogens with zero attached hydrogens (tertiary/aromatic N) is 1. The molecule has 2 N–H and O–H groups in total. The van der Waals surface area contributed by atoms with Gasteiger partial charge < -0.3 is 10.6 Å². The van der Waals surface area contributed by atoms with E-state index in [1.807, 2.05) is 18.2 Å². The smallest absolute Gasteiger partial charge is 0.0747 e. The molecule has 0 spiro atoms. The first kappa shape index (κ1) is 12.6. The Morgan fingerprint density at radius 2 is 1.87 bits per heavy atom. The number of rotatable bonds is 4. The molecular formula is C11H16Cl2N2. The zero-order valence-corrected chi connectivity index (χ0v) is 10.5. The van der Waals surface area contributed by atoms with E-state index in [9.17, 15) is 0 Å². The summed E-state index contributed by atoms with van der Waals surface area (Å²) < 4.78 is 0. The molecule has 84 valence electrons. The Kier molecular flexibility index (Phi) is 4.71. The third-order valence-electron chi connectivity index (χ3n) is 2.44. The van der Waals surface area contributed by atoms with Crippen molar-refractivity contribution in [1.29, 1.82) is 0 Å². The highest BCUT2D eigenvalue weighted by molar-refractivity contribution is 6.39. The van der Waals surface area contributed by atoms with E-state index < -0.39 is 0 Å². The molecular weight excluding hydrogens is 231 g/mol. The Labute approximate surface area is 101 Å². The molecule has 1 aromatic carbocycles. The van der Waals surface area contributed by atoms with E-state index >= 15 is 0 Å². The number of hydrogen-bond donors (Lipinski definition) is 1. The second-order valence-corrected chi connectivity index (χ2v) is 4.26. The van der Waals surface area contributed by atoms with Crippen LogP contribution in [0.3, 0.4) is 0 Å². The minimum atomic E-state index is 0.229. The zero-order chi connectivity index (χ0) is 11.4. The molecule has 0 aliphatic rings. The van der Waals surface area contributed by atoms with Gasteiger partial charge in [-0.1, -0.05) is 29.3 Å². The summed E-state index contributed by atoms with van der Waals surface area (Å²) in [7, 11) is 0. The van der Waals surface area contributed by atoms with Crippen LogP contribution in [0.1, 0.15) is 13.8 Å². The summed E-state index contributed by atoms with van der Waals surface area (Å²) in [4.78, 5) is 2.12. The van der Waals surface area contributed by atoms with Crippen LogP contribution < -0.4 is 10.6 Å². The lowest BCUT2D eigenvalue weighted by Crippen LogP contribution is -2.38. The van der Waals surface area contributed by atoms with E-state index in [0.29, 0.717) is 16.6 Å². The van der Waals surface area contributed by atoms with Crippen LogP contribution in [0, 0.1) is 0 Å². The number of anilines is 1. The van der Waals surface area contributed by atoms with Gasteiger partial charge in [0.05, 0.1) is 15.7 Å². The van der Waals surface area contributed by atoms with Gasteiger partial charge in [0.1, 0.15) is 0 Å². The van der Waals surface area contributed by atoms with Crippen LogP contribution in [0.5, 0.6) is 0 Å². The van der Waals surface area contributed by atoms with E-state index in [-0.39, 0.29) is 6.04 Å². The van der Waals surface area contributed by atoms with Crippen molar-refractivity contribution < 1.29 is 0 Å². The highest BCUT2D eigenvalue weighted by Gasteiger charge is 2.16. The molecule has 0 radical (unpaired) electrons. The van der Waals surface area contributed by atoms with Crippen molar-refractivity contribution in [2.24, 2.45) is 5.73 Å². The third-order valence-corrected chi connectivity index (χ3v) is 3.05. The van der Waals surface area contributed by atoms with Gasteiger partial charge in [-0.25, -0.2) is 0 Å². The van der Waals surface area contributed by atoms with Crippen molar-refractivity contribution in [2.45, 2.75) is 19.9 Å². The zero-order valence-electron chi connectivity index (χ0n) is 9.00. The van der Waals surface area contributed by atoms with Crippen molar-refractivity contribution >= 4 is 28.9 Å². The maximum atomic E-state index is 6.14. The number of para-hydroxylation sites is 1. The standard InChI is InChI=1S/C11H16Cl2N2/c1-3-15(8(2)7-14)11-9(12)5-4-6-10(11)13/h4-6,8H,3,7,14H2,1-2H3. The summed E-state index contributed by atoms with van der Waals surface area (Å²) in [5.41, 5.74) is 6.53. The van der Waals surface area contributed by atoms with Crippen molar-refractivity contribution in [1.82, 2.24) is 0 Å². The van der Waals surface area contributed by atoms with Crippen LogP contribution in [0.2, 0.25) is 10.0 Å². The molecule has 1 unspecified atom stereocenters. The van der Waals surface area contributed by atoms with Crippen LogP contribution in [0.15, 0.2) is 18.2 Å². The average molecular weight is 247 g/mol. The Morgan fingerprint density at radius 3 is 2.27 bits per heavy atom. The second kappa shape index (κ2) is 5.59. The topological polar surface area (TPSA) is 29.3 Å². The van der Waals surface area contributed by atoms with E-state index in [1.165, 1.54) is 0 Å². The van der Waals surface area contributed by atoms with E-state index in [0.717, 1.165) is 12.2 Å². The van der Waals surface area contributed by atoms with Crippen molar-refractivity contribution in [3.8, 4) is 0 Å². The molecule has 0 aliphatic carbocycles. The first-order valence-electron chi connectivity index (χ1n) is 5.02. The number of halogens is 2. The van der Waals surface area contributed by atoms with Gasteiger partial charge >= 0.3 is 0 Å². The summed E-state index contributed by atoms with van der Waals surface area (Å²) in [5, 5.41) is 1.34. The number of hydrogen-bond acceptors (Lipinski definition) is 2. The molecule has 1 atom stereocenters. The monoisotopic (exact) mass is 246 g/mol. The molecule has 0 bridgehead atoms. The molecule has 0 fully saturated rings. The summed E-state index contributed by atoms with van der Waals surface area (Å²) in [5.74, 6) is 0. The summed E-state index contributed by atoms with van der Waals surface area (Å²) >= 11 is 12.3. The molecule has 4 heteroatoms. The van der Waals surface area contributed by atoms with Gasteiger partial charge in [0.15, 0.2) is 0 Å². The fourth-order valence-corrected chi connectivity index (χ4v) is 2.20. The maximum absolute atomic E-state index is 6.14. The Balaban J connectivity index is 3.11. The van der Waals surface area contributed by atoms with Crippen LogP contribution in [-0.4, -0.2) is 19.1 Å². The van der Waals surface area contributed by atoms with E-state index in [2.05, 4.69) is 18.7 Å². The van der Waals surface area contributed by atoms with Gasteiger partial charge in [-0.15, -0.1) is 0 Å². The first-order valence-corrected chi connectivity index (χ1v) is 5.78. The lowest BCUT2D eigenvalue weighted by Gasteiger charge is -2.30. The van der Waals surface area contributed by atoms with Crippen molar-refractivity contribution in [2.75, 3.05) is 18.0 Å². The predicted octanol–water partition coefficient (Wildman–Crippen LogP) is 3.17. The lowest BCUT2D eigenvalue weighted by atomic mass is 10.2. The van der Waals surface area contributed by atoms with E-state index in [4.69, 9.17) is 28.9 Å². The average Bonchev–Trinajstić information content (AvgIpc) is 2.22. The highest BCUT2D eigenvalue weighted by Crippen LogP contribution is 2.34. The van der Waals surface area contributed by atoms with Gasteiger partial charge in [-0.2, -0.15) is 0 Å². The minimum Gasteiger partial charge on any atom is -0.365 e. The third kappa shape index (κ3) is 2.77. The van der Waals surface area contributed by atoms with Gasteiger partial charge in [0.2, 0.25) is 0 Å². The van der Waals surface area contributed by atoms with Gasteiger partial charge in [0.25, 0.3) is 0 Å². The lowest BCUT2D eigenvalue weighted by molar-refractivity contribution is 0.657. The number of likely N-dealkylation sites (N-methyl/N-ethyl adjacent to an activating group) is 1. The van der Waals surface area contributed by atoms with E-state index in [1.54, 1.807) is 0 Å². The highest BCUT2D eigenvalue weighted by atomic mass is 35.5. The second-order valence-electron chi connectivity index (χ2n) is 3.44. The molecule has 0 aliphatic heterocycles. The van der Waals surface area contributed by atoms with Crippen LogP contribution in [0.25, 0.3) is 0 Å². The van der Waals surface area contributed by atoms with Gasteiger partial charge in [-0.05, 0) is 26.0 Å². The molecule has 15 heavy (non-hydrogen) atoms. The molecule has 0 saturated carbocycles. The molecule has 0 amide bonds. The molecule has 1 aromatic rings. The normalized spacial score (nSPS) is 12.6. The maximum Gasteiger partial charge on any atom is 0.0747 e.